The third-order valence-electron chi connectivity index (χ3n) is 5.13. The number of hydrogen-bond donors (Lipinski definition) is 0. The average Bonchev–Trinajstić information content (AvgIpc) is 3.17. The van der Waals surface area contributed by atoms with Gasteiger partial charge in [0, 0.05) is 38.4 Å². The smallest absolute Gasteiger partial charge is 0.270 e. The van der Waals surface area contributed by atoms with E-state index in [4.69, 9.17) is 0 Å². The predicted octanol–water partition coefficient (Wildman–Crippen LogP) is 3.90. The Morgan fingerprint density at radius 1 is 1.20 bits per heavy atom. The number of anilines is 1. The van der Waals surface area contributed by atoms with Crippen LogP contribution in [0.2, 0.25) is 0 Å². The van der Waals surface area contributed by atoms with E-state index in [1.165, 1.54) is 16.0 Å². The Morgan fingerprint density at radius 3 is 2.76 bits per heavy atom. The number of piperazine rings is 1. The van der Waals surface area contributed by atoms with Crippen LogP contribution < -0.4 is 4.90 Å². The highest BCUT2D eigenvalue weighted by atomic mass is 32.1. The Balaban J connectivity index is 1.53. The number of aromatic nitrogens is 1. The summed E-state index contributed by atoms with van der Waals surface area (Å²) < 4.78 is 3.20. The van der Waals surface area contributed by atoms with Crippen molar-refractivity contribution < 1.29 is 4.79 Å². The summed E-state index contributed by atoms with van der Waals surface area (Å²) in [5, 5.41) is 2.07. The molecule has 5 heteroatoms. The van der Waals surface area contributed by atoms with Crippen molar-refractivity contribution >= 4 is 33.1 Å². The number of benzene rings is 1. The molecular weight excluding hydrogens is 330 g/mol. The molecule has 0 bridgehead atoms. The van der Waals surface area contributed by atoms with Crippen molar-refractivity contribution in [2.45, 2.75) is 19.9 Å². The minimum absolute atomic E-state index is 0.140. The first-order valence-electron chi connectivity index (χ1n) is 8.70. The Kier molecular flexibility index (Phi) is 4.04. The molecule has 1 amide bonds. The van der Waals surface area contributed by atoms with Gasteiger partial charge in [-0.25, -0.2) is 0 Å². The van der Waals surface area contributed by atoms with Gasteiger partial charge in [0.1, 0.15) is 5.69 Å². The standard InChI is InChI=1S/C20H23N3OS/c1-14-5-4-6-16(11-14)23-9-8-22(13-15(23)2)20(24)18-12-19-17(21(18)3)7-10-25-19/h4-7,10-12,15H,8-9,13H2,1-3H3/t15-/m0/s1. The number of hydrogen-bond acceptors (Lipinski definition) is 3. The number of rotatable bonds is 2. The Bertz CT molecular complexity index is 926. The summed E-state index contributed by atoms with van der Waals surface area (Å²) >= 11 is 1.69. The third-order valence-corrected chi connectivity index (χ3v) is 5.98. The summed E-state index contributed by atoms with van der Waals surface area (Å²) in [6.45, 7) is 6.71. The van der Waals surface area contributed by atoms with Crippen molar-refractivity contribution in [3.63, 3.8) is 0 Å². The average molecular weight is 353 g/mol. The van der Waals surface area contributed by atoms with Gasteiger partial charge in [-0.3, -0.25) is 4.79 Å². The van der Waals surface area contributed by atoms with E-state index >= 15 is 0 Å². The molecule has 1 aromatic carbocycles. The molecule has 1 saturated heterocycles. The lowest BCUT2D eigenvalue weighted by Crippen LogP contribution is -2.54. The van der Waals surface area contributed by atoms with E-state index in [0.29, 0.717) is 6.04 Å². The zero-order valence-corrected chi connectivity index (χ0v) is 15.7. The van der Waals surface area contributed by atoms with Gasteiger partial charge in [-0.1, -0.05) is 12.1 Å². The predicted molar refractivity (Wildman–Crippen MR) is 105 cm³/mol. The Hall–Kier alpha value is -2.27. The fourth-order valence-corrected chi connectivity index (χ4v) is 4.60. The second-order valence-electron chi connectivity index (χ2n) is 6.89. The molecule has 4 rings (SSSR count). The molecule has 3 heterocycles. The van der Waals surface area contributed by atoms with E-state index < -0.39 is 0 Å². The van der Waals surface area contributed by atoms with Gasteiger partial charge >= 0.3 is 0 Å². The molecule has 4 nitrogen and oxygen atoms in total. The maximum atomic E-state index is 13.0. The van der Waals surface area contributed by atoms with Crippen LogP contribution in [-0.2, 0) is 7.05 Å². The quantitative estimate of drug-likeness (QED) is 0.699. The maximum Gasteiger partial charge on any atom is 0.270 e. The molecule has 0 aliphatic carbocycles. The monoisotopic (exact) mass is 353 g/mol. The zero-order chi connectivity index (χ0) is 17.6. The van der Waals surface area contributed by atoms with Gasteiger partial charge in [0.25, 0.3) is 5.91 Å². The van der Waals surface area contributed by atoms with Gasteiger partial charge in [0.05, 0.1) is 10.2 Å². The number of carbonyl (C=O) groups is 1. The first-order valence-corrected chi connectivity index (χ1v) is 9.58. The fourth-order valence-electron chi connectivity index (χ4n) is 3.75. The molecule has 1 atom stereocenters. The van der Waals surface area contributed by atoms with Gasteiger partial charge in [0.2, 0.25) is 0 Å². The summed E-state index contributed by atoms with van der Waals surface area (Å²) in [7, 11) is 1.98. The zero-order valence-electron chi connectivity index (χ0n) is 14.9. The minimum atomic E-state index is 0.140. The molecule has 25 heavy (non-hydrogen) atoms. The highest BCUT2D eigenvalue weighted by molar-refractivity contribution is 7.17. The normalized spacial score (nSPS) is 18.1. The van der Waals surface area contributed by atoms with Crippen LogP contribution in [0.4, 0.5) is 5.69 Å². The van der Waals surface area contributed by atoms with Crippen LogP contribution in [0.25, 0.3) is 10.2 Å². The first-order chi connectivity index (χ1) is 12.0. The number of amides is 1. The van der Waals surface area contributed by atoms with Crippen LogP contribution in [0.3, 0.4) is 0 Å². The lowest BCUT2D eigenvalue weighted by molar-refractivity contribution is 0.0717. The molecular formula is C20H23N3OS. The van der Waals surface area contributed by atoms with Gasteiger partial charge in [-0.2, -0.15) is 0 Å². The molecule has 2 aromatic heterocycles. The third kappa shape index (κ3) is 2.82. The number of aryl methyl sites for hydroxylation is 2. The van der Waals surface area contributed by atoms with Gasteiger partial charge in [0.15, 0.2) is 0 Å². The van der Waals surface area contributed by atoms with Crippen LogP contribution in [0.15, 0.2) is 41.8 Å². The molecule has 1 aliphatic rings. The largest absolute Gasteiger partial charge is 0.365 e. The van der Waals surface area contributed by atoms with Crippen LogP contribution in [0.5, 0.6) is 0 Å². The second kappa shape index (κ2) is 6.23. The van der Waals surface area contributed by atoms with Crippen molar-refractivity contribution in [3.8, 4) is 0 Å². The molecule has 0 spiro atoms. The maximum absolute atomic E-state index is 13.0. The van der Waals surface area contributed by atoms with Crippen LogP contribution in [0, 0.1) is 6.92 Å². The topological polar surface area (TPSA) is 28.5 Å². The van der Waals surface area contributed by atoms with E-state index in [2.05, 4.69) is 54.5 Å². The molecule has 1 fully saturated rings. The number of nitrogens with zero attached hydrogens (tertiary/aromatic N) is 3. The van der Waals surface area contributed by atoms with E-state index in [-0.39, 0.29) is 5.91 Å². The lowest BCUT2D eigenvalue weighted by Gasteiger charge is -2.41. The van der Waals surface area contributed by atoms with Crippen molar-refractivity contribution in [3.05, 3.63) is 53.0 Å². The molecule has 0 radical (unpaired) electrons. The van der Waals surface area contributed by atoms with Crippen molar-refractivity contribution in [2.75, 3.05) is 24.5 Å². The number of fused-ring (bicyclic) bond motifs is 1. The minimum Gasteiger partial charge on any atom is -0.365 e. The summed E-state index contributed by atoms with van der Waals surface area (Å²) in [5.41, 5.74) is 4.45. The molecule has 0 unspecified atom stereocenters. The van der Waals surface area contributed by atoms with Crippen molar-refractivity contribution in [1.82, 2.24) is 9.47 Å². The molecule has 130 valence electrons. The fraction of sp³-hybridized carbons (Fsp3) is 0.350. The van der Waals surface area contributed by atoms with E-state index in [1.807, 2.05) is 22.6 Å². The summed E-state index contributed by atoms with van der Waals surface area (Å²) in [4.78, 5) is 17.4. The summed E-state index contributed by atoms with van der Waals surface area (Å²) in [5.74, 6) is 0.140. The van der Waals surface area contributed by atoms with Crippen molar-refractivity contribution in [1.29, 1.82) is 0 Å². The van der Waals surface area contributed by atoms with Crippen LogP contribution in [0.1, 0.15) is 23.0 Å². The summed E-state index contributed by atoms with van der Waals surface area (Å²) in [6.07, 6.45) is 0. The molecule has 1 aliphatic heterocycles. The van der Waals surface area contributed by atoms with Gasteiger partial charge in [-0.05, 0) is 49.1 Å². The summed E-state index contributed by atoms with van der Waals surface area (Å²) in [6, 6.07) is 13.0. The molecule has 0 N–H and O–H groups in total. The van der Waals surface area contributed by atoms with E-state index in [1.54, 1.807) is 11.3 Å². The van der Waals surface area contributed by atoms with Gasteiger partial charge in [-0.15, -0.1) is 11.3 Å². The SMILES string of the molecule is Cc1cccc(N2CCN(C(=O)c3cc4sccc4n3C)C[C@@H]2C)c1. The van der Waals surface area contributed by atoms with E-state index in [9.17, 15) is 4.79 Å². The Labute approximate surface area is 152 Å². The second-order valence-corrected chi connectivity index (χ2v) is 7.84. The molecule has 0 saturated carbocycles. The lowest BCUT2D eigenvalue weighted by atomic mass is 10.1. The molecule has 3 aromatic rings. The van der Waals surface area contributed by atoms with E-state index in [0.717, 1.165) is 30.8 Å². The first kappa shape index (κ1) is 16.2. The number of carbonyl (C=O) groups excluding carboxylic acids is 1. The van der Waals surface area contributed by atoms with Crippen LogP contribution in [-0.4, -0.2) is 41.1 Å². The van der Waals surface area contributed by atoms with Crippen LogP contribution >= 0.6 is 11.3 Å². The highest BCUT2D eigenvalue weighted by Gasteiger charge is 2.29. The van der Waals surface area contributed by atoms with Gasteiger partial charge < -0.3 is 14.4 Å². The Morgan fingerprint density at radius 2 is 2.04 bits per heavy atom. The van der Waals surface area contributed by atoms with Crippen molar-refractivity contribution in [2.24, 2.45) is 7.05 Å². The number of thiophene rings is 1. The highest BCUT2D eigenvalue weighted by Crippen LogP contribution is 2.26.